The van der Waals surface area contributed by atoms with E-state index < -0.39 is 0 Å². The molecule has 0 radical (unpaired) electrons. The Hall–Kier alpha value is -1.34. The first-order valence-corrected chi connectivity index (χ1v) is 5.50. The van der Waals surface area contributed by atoms with Crippen molar-refractivity contribution in [3.8, 4) is 0 Å². The molecule has 2 atom stereocenters. The van der Waals surface area contributed by atoms with Crippen molar-refractivity contribution in [1.29, 1.82) is 0 Å². The fraction of sp³-hybridized carbons (Fsp3) is 0.800. The van der Waals surface area contributed by atoms with Crippen LogP contribution in [0.25, 0.3) is 0 Å². The topological polar surface area (TPSA) is 109 Å². The lowest BCUT2D eigenvalue weighted by Crippen LogP contribution is -2.45. The van der Waals surface area contributed by atoms with Crippen molar-refractivity contribution in [3.05, 3.63) is 0 Å². The number of methoxy groups -OCH3 is 1. The number of ether oxygens (including phenoxy) is 1. The van der Waals surface area contributed by atoms with Gasteiger partial charge in [-0.05, 0) is 6.92 Å². The molecule has 2 unspecified atom stereocenters. The monoisotopic (exact) mass is 246 g/mol. The van der Waals surface area contributed by atoms with E-state index in [1.165, 1.54) is 0 Å². The summed E-state index contributed by atoms with van der Waals surface area (Å²) in [5.74, 6) is -0.0903. The van der Waals surface area contributed by atoms with Gasteiger partial charge in [-0.15, -0.1) is 0 Å². The van der Waals surface area contributed by atoms with Gasteiger partial charge in [-0.2, -0.15) is 0 Å². The molecule has 0 spiro atoms. The molecule has 17 heavy (non-hydrogen) atoms. The van der Waals surface area contributed by atoms with Crippen LogP contribution in [0.5, 0.6) is 0 Å². The predicted octanol–water partition coefficient (Wildman–Crippen LogP) is -0.890. The van der Waals surface area contributed by atoms with E-state index in [0.29, 0.717) is 19.7 Å². The molecule has 0 aliphatic heterocycles. The summed E-state index contributed by atoms with van der Waals surface area (Å²) < 4.78 is 4.82. The SMILES string of the molecule is COCCNC(=O)C(C)NCC(C)C(N)=NO. The van der Waals surface area contributed by atoms with E-state index in [0.717, 1.165) is 0 Å². The highest BCUT2D eigenvalue weighted by atomic mass is 16.5. The first-order valence-electron chi connectivity index (χ1n) is 5.50. The molecule has 0 heterocycles. The van der Waals surface area contributed by atoms with Gasteiger partial charge in [0.25, 0.3) is 0 Å². The number of carbonyl (C=O) groups is 1. The summed E-state index contributed by atoms with van der Waals surface area (Å²) in [5, 5.41) is 17.1. The maximum atomic E-state index is 11.5. The Balaban J connectivity index is 3.85. The molecule has 0 saturated heterocycles. The van der Waals surface area contributed by atoms with Crippen LogP contribution >= 0.6 is 0 Å². The zero-order valence-corrected chi connectivity index (χ0v) is 10.6. The van der Waals surface area contributed by atoms with Crippen LogP contribution in [-0.4, -0.2) is 49.8 Å². The molecular weight excluding hydrogens is 224 g/mol. The number of carbonyl (C=O) groups excluding carboxylic acids is 1. The number of hydrogen-bond donors (Lipinski definition) is 4. The first kappa shape index (κ1) is 15.7. The van der Waals surface area contributed by atoms with Gasteiger partial charge in [-0.1, -0.05) is 12.1 Å². The smallest absolute Gasteiger partial charge is 0.236 e. The second-order valence-electron chi connectivity index (χ2n) is 3.84. The van der Waals surface area contributed by atoms with Gasteiger partial charge in [0.15, 0.2) is 0 Å². The van der Waals surface area contributed by atoms with Crippen LogP contribution in [0.4, 0.5) is 0 Å². The van der Waals surface area contributed by atoms with Crippen molar-refractivity contribution < 1.29 is 14.7 Å². The molecule has 0 aromatic rings. The van der Waals surface area contributed by atoms with E-state index in [-0.39, 0.29) is 23.7 Å². The molecule has 0 rings (SSSR count). The largest absolute Gasteiger partial charge is 0.409 e. The van der Waals surface area contributed by atoms with Gasteiger partial charge >= 0.3 is 0 Å². The van der Waals surface area contributed by atoms with Gasteiger partial charge in [0.1, 0.15) is 5.84 Å². The second kappa shape index (κ2) is 8.77. The van der Waals surface area contributed by atoms with E-state index in [1.54, 1.807) is 21.0 Å². The summed E-state index contributed by atoms with van der Waals surface area (Å²) >= 11 is 0. The summed E-state index contributed by atoms with van der Waals surface area (Å²) in [6, 6.07) is -0.333. The maximum Gasteiger partial charge on any atom is 0.236 e. The predicted molar refractivity (Wildman–Crippen MR) is 64.9 cm³/mol. The Kier molecular flexibility index (Phi) is 8.08. The summed E-state index contributed by atoms with van der Waals surface area (Å²) in [7, 11) is 1.58. The van der Waals surface area contributed by atoms with Crippen molar-refractivity contribution in [2.75, 3.05) is 26.8 Å². The van der Waals surface area contributed by atoms with Crippen molar-refractivity contribution in [2.45, 2.75) is 19.9 Å². The molecule has 1 amide bonds. The Morgan fingerprint density at radius 2 is 2.18 bits per heavy atom. The van der Waals surface area contributed by atoms with Gasteiger partial charge in [-0.3, -0.25) is 4.79 Å². The van der Waals surface area contributed by atoms with E-state index >= 15 is 0 Å². The quantitative estimate of drug-likeness (QED) is 0.146. The zero-order chi connectivity index (χ0) is 13.3. The lowest BCUT2D eigenvalue weighted by Gasteiger charge is -2.16. The van der Waals surface area contributed by atoms with E-state index in [1.807, 2.05) is 0 Å². The molecule has 100 valence electrons. The Labute approximate surface area is 101 Å². The van der Waals surface area contributed by atoms with Crippen LogP contribution < -0.4 is 16.4 Å². The van der Waals surface area contributed by atoms with Crippen LogP contribution in [0.2, 0.25) is 0 Å². The number of oxime groups is 1. The molecule has 7 nitrogen and oxygen atoms in total. The van der Waals surface area contributed by atoms with Crippen LogP contribution in [0.3, 0.4) is 0 Å². The lowest BCUT2D eigenvalue weighted by molar-refractivity contribution is -0.122. The molecule has 7 heteroatoms. The molecular formula is C10H22N4O3. The average molecular weight is 246 g/mol. The van der Waals surface area contributed by atoms with Crippen LogP contribution in [0.15, 0.2) is 5.16 Å². The molecule has 0 saturated carbocycles. The molecule has 0 bridgehead atoms. The molecule has 0 aliphatic rings. The highest BCUT2D eigenvalue weighted by Gasteiger charge is 2.14. The minimum atomic E-state index is -0.333. The van der Waals surface area contributed by atoms with Crippen molar-refractivity contribution in [1.82, 2.24) is 10.6 Å². The van der Waals surface area contributed by atoms with E-state index in [9.17, 15) is 4.79 Å². The van der Waals surface area contributed by atoms with Gasteiger partial charge in [0.05, 0.1) is 12.6 Å². The van der Waals surface area contributed by atoms with E-state index in [4.69, 9.17) is 15.7 Å². The van der Waals surface area contributed by atoms with Crippen molar-refractivity contribution >= 4 is 11.7 Å². The molecule has 0 aromatic carbocycles. The fourth-order valence-electron chi connectivity index (χ4n) is 1.08. The summed E-state index contributed by atoms with van der Waals surface area (Å²) in [5.41, 5.74) is 5.42. The highest BCUT2D eigenvalue weighted by molar-refractivity contribution is 5.83. The first-order chi connectivity index (χ1) is 8.02. The Morgan fingerprint density at radius 1 is 1.53 bits per heavy atom. The standard InChI is InChI=1S/C10H22N4O3/c1-7(9(11)14-16)6-13-8(2)10(15)12-4-5-17-3/h7-8,13,16H,4-6H2,1-3H3,(H2,11,14)(H,12,15). The number of nitrogens with zero attached hydrogens (tertiary/aromatic N) is 1. The normalized spacial score (nSPS) is 15.4. The van der Waals surface area contributed by atoms with E-state index in [2.05, 4.69) is 15.8 Å². The van der Waals surface area contributed by atoms with Gasteiger partial charge in [0.2, 0.25) is 5.91 Å². The number of hydrogen-bond acceptors (Lipinski definition) is 5. The van der Waals surface area contributed by atoms with Crippen molar-refractivity contribution in [2.24, 2.45) is 16.8 Å². The Bertz CT molecular complexity index is 258. The minimum absolute atomic E-state index is 0.103. The van der Waals surface area contributed by atoms with Crippen LogP contribution in [-0.2, 0) is 9.53 Å². The fourth-order valence-corrected chi connectivity index (χ4v) is 1.08. The van der Waals surface area contributed by atoms with Gasteiger partial charge < -0.3 is 26.3 Å². The van der Waals surface area contributed by atoms with Gasteiger partial charge in [0, 0.05) is 26.1 Å². The number of amides is 1. The molecule has 0 aliphatic carbocycles. The number of amidine groups is 1. The lowest BCUT2D eigenvalue weighted by atomic mass is 10.1. The minimum Gasteiger partial charge on any atom is -0.409 e. The molecule has 0 fully saturated rings. The third kappa shape index (κ3) is 6.75. The molecule has 0 aromatic heterocycles. The van der Waals surface area contributed by atoms with Gasteiger partial charge in [-0.25, -0.2) is 0 Å². The summed E-state index contributed by atoms with van der Waals surface area (Å²) in [4.78, 5) is 11.5. The average Bonchev–Trinajstić information content (AvgIpc) is 2.34. The second-order valence-corrected chi connectivity index (χ2v) is 3.84. The maximum absolute atomic E-state index is 11.5. The summed E-state index contributed by atoms with van der Waals surface area (Å²) in [6.45, 7) is 4.99. The number of nitrogens with one attached hydrogen (secondary N) is 2. The van der Waals surface area contributed by atoms with Crippen LogP contribution in [0, 0.1) is 5.92 Å². The summed E-state index contributed by atoms with van der Waals surface area (Å²) in [6.07, 6.45) is 0. The number of rotatable bonds is 8. The number of nitrogens with two attached hydrogens (primary N) is 1. The molecule has 5 N–H and O–H groups in total. The third-order valence-corrected chi connectivity index (χ3v) is 2.35. The zero-order valence-electron chi connectivity index (χ0n) is 10.6. The third-order valence-electron chi connectivity index (χ3n) is 2.35. The Morgan fingerprint density at radius 3 is 2.71 bits per heavy atom. The van der Waals surface area contributed by atoms with Crippen LogP contribution in [0.1, 0.15) is 13.8 Å². The van der Waals surface area contributed by atoms with Crippen molar-refractivity contribution in [3.63, 3.8) is 0 Å². The highest BCUT2D eigenvalue weighted by Crippen LogP contribution is 1.93.